The van der Waals surface area contributed by atoms with Crippen molar-refractivity contribution in [2.24, 2.45) is 5.92 Å². The molecule has 0 nitrogen and oxygen atoms in total. The van der Waals surface area contributed by atoms with Gasteiger partial charge < -0.3 is 0 Å². The maximum Gasteiger partial charge on any atom is -0.0420 e. The Bertz CT molecular complexity index is 192. The zero-order chi connectivity index (χ0) is 17.0. The molecule has 0 aromatic rings. The second kappa shape index (κ2) is 20.0. The van der Waals surface area contributed by atoms with Crippen LogP contribution in [0.1, 0.15) is 143 Å². The molecule has 0 bridgehead atoms. The van der Waals surface area contributed by atoms with Gasteiger partial charge in [0.25, 0.3) is 0 Å². The molecule has 0 fully saturated rings. The van der Waals surface area contributed by atoms with Crippen molar-refractivity contribution in [3.63, 3.8) is 0 Å². The summed E-state index contributed by atoms with van der Waals surface area (Å²) in [6, 6.07) is 0. The van der Waals surface area contributed by atoms with Crippen molar-refractivity contribution < 1.29 is 0 Å². The standard InChI is InChI=1S/C23H48/c1-4-7-8-9-10-11-12-13-14-15-16-17-18-19-20-21-22-23(5-2)6-3/h23H,4-22H2,1-3H3. The average molecular weight is 325 g/mol. The van der Waals surface area contributed by atoms with Gasteiger partial charge in [-0.15, -0.1) is 0 Å². The van der Waals surface area contributed by atoms with Gasteiger partial charge in [0.1, 0.15) is 0 Å². The highest BCUT2D eigenvalue weighted by Crippen LogP contribution is 2.18. The first-order valence-electron chi connectivity index (χ1n) is 11.3. The van der Waals surface area contributed by atoms with Gasteiger partial charge in [0.15, 0.2) is 0 Å². The third kappa shape index (κ3) is 18.2. The zero-order valence-corrected chi connectivity index (χ0v) is 17.0. The third-order valence-electron chi connectivity index (χ3n) is 5.62. The molecule has 0 N–H and O–H groups in total. The molecule has 0 amide bonds. The molecule has 0 atom stereocenters. The summed E-state index contributed by atoms with van der Waals surface area (Å²) in [7, 11) is 0. The molecule has 0 saturated heterocycles. The largest absolute Gasteiger partial charge is 0.0654 e. The predicted molar refractivity (Wildman–Crippen MR) is 108 cm³/mol. The second-order valence-electron chi connectivity index (χ2n) is 7.77. The van der Waals surface area contributed by atoms with Gasteiger partial charge in [0.2, 0.25) is 0 Å². The highest BCUT2D eigenvalue weighted by molar-refractivity contribution is 4.55. The van der Waals surface area contributed by atoms with Crippen molar-refractivity contribution in [3.8, 4) is 0 Å². The molecule has 0 radical (unpaired) electrons. The molecule has 0 unspecified atom stereocenters. The van der Waals surface area contributed by atoms with Crippen LogP contribution in [0.25, 0.3) is 0 Å². The molecule has 0 spiro atoms. The lowest BCUT2D eigenvalue weighted by atomic mass is 9.95. The molecule has 0 rings (SSSR count). The van der Waals surface area contributed by atoms with Crippen LogP contribution < -0.4 is 0 Å². The van der Waals surface area contributed by atoms with Gasteiger partial charge in [0, 0.05) is 0 Å². The van der Waals surface area contributed by atoms with Crippen LogP contribution in [-0.4, -0.2) is 0 Å². The van der Waals surface area contributed by atoms with Gasteiger partial charge in [-0.05, 0) is 5.92 Å². The zero-order valence-electron chi connectivity index (χ0n) is 17.0. The van der Waals surface area contributed by atoms with Crippen molar-refractivity contribution in [1.82, 2.24) is 0 Å². The Hall–Kier alpha value is 0. The van der Waals surface area contributed by atoms with E-state index in [0.29, 0.717) is 0 Å². The fourth-order valence-electron chi connectivity index (χ4n) is 3.68. The van der Waals surface area contributed by atoms with Crippen LogP contribution in [0.15, 0.2) is 0 Å². The second-order valence-corrected chi connectivity index (χ2v) is 7.77. The average Bonchev–Trinajstić information content (AvgIpc) is 2.58. The van der Waals surface area contributed by atoms with E-state index in [1.807, 2.05) is 0 Å². The third-order valence-corrected chi connectivity index (χ3v) is 5.62. The lowest BCUT2D eigenvalue weighted by Crippen LogP contribution is -1.96. The van der Waals surface area contributed by atoms with E-state index in [4.69, 9.17) is 0 Å². The Balaban J connectivity index is 3.02. The summed E-state index contributed by atoms with van der Waals surface area (Å²) in [6.45, 7) is 7.00. The van der Waals surface area contributed by atoms with Crippen LogP contribution in [-0.2, 0) is 0 Å². The van der Waals surface area contributed by atoms with Crippen molar-refractivity contribution in [3.05, 3.63) is 0 Å². The predicted octanol–water partition coefficient (Wildman–Crippen LogP) is 9.07. The van der Waals surface area contributed by atoms with Crippen LogP contribution in [0, 0.1) is 5.92 Å². The first-order chi connectivity index (χ1) is 11.3. The fraction of sp³-hybridized carbons (Fsp3) is 1.00. The minimum atomic E-state index is 1.00. The Kier molecular flexibility index (Phi) is 20.0. The van der Waals surface area contributed by atoms with Gasteiger partial charge in [-0.1, -0.05) is 143 Å². The van der Waals surface area contributed by atoms with Crippen LogP contribution in [0.4, 0.5) is 0 Å². The molecule has 0 aliphatic heterocycles. The van der Waals surface area contributed by atoms with E-state index >= 15 is 0 Å². The Morgan fingerprint density at radius 3 is 1.00 bits per heavy atom. The van der Waals surface area contributed by atoms with Gasteiger partial charge >= 0.3 is 0 Å². The van der Waals surface area contributed by atoms with Crippen LogP contribution >= 0.6 is 0 Å². The highest BCUT2D eigenvalue weighted by atomic mass is 14.1. The lowest BCUT2D eigenvalue weighted by molar-refractivity contribution is 0.426. The SMILES string of the molecule is CCCCCCCCCCCCCCCCCCC(CC)CC. The smallest absolute Gasteiger partial charge is 0.0420 e. The number of hydrogen-bond donors (Lipinski definition) is 0. The Morgan fingerprint density at radius 1 is 0.391 bits per heavy atom. The van der Waals surface area contributed by atoms with Crippen LogP contribution in [0.2, 0.25) is 0 Å². The van der Waals surface area contributed by atoms with E-state index in [1.165, 1.54) is 122 Å². The summed E-state index contributed by atoms with van der Waals surface area (Å²) in [5.74, 6) is 1.00. The fourth-order valence-corrected chi connectivity index (χ4v) is 3.68. The minimum Gasteiger partial charge on any atom is -0.0654 e. The summed E-state index contributed by atoms with van der Waals surface area (Å²) in [6.07, 6.45) is 27.8. The summed E-state index contributed by atoms with van der Waals surface area (Å²) >= 11 is 0. The highest BCUT2D eigenvalue weighted by Gasteiger charge is 2.02. The van der Waals surface area contributed by atoms with Crippen molar-refractivity contribution in [1.29, 1.82) is 0 Å². The van der Waals surface area contributed by atoms with Crippen LogP contribution in [0.3, 0.4) is 0 Å². The van der Waals surface area contributed by atoms with Gasteiger partial charge in [-0.2, -0.15) is 0 Å². The quantitative estimate of drug-likeness (QED) is 0.208. The number of unbranched alkanes of at least 4 members (excludes halogenated alkanes) is 15. The molecule has 0 saturated carbocycles. The molecule has 0 heterocycles. The number of hydrogen-bond acceptors (Lipinski definition) is 0. The topological polar surface area (TPSA) is 0 Å². The normalized spacial score (nSPS) is 11.5. The maximum absolute atomic E-state index is 2.35. The summed E-state index contributed by atoms with van der Waals surface area (Å²) in [5, 5.41) is 0. The van der Waals surface area contributed by atoms with E-state index in [-0.39, 0.29) is 0 Å². The first kappa shape index (κ1) is 23.0. The van der Waals surface area contributed by atoms with Gasteiger partial charge in [-0.3, -0.25) is 0 Å². The molecule has 0 heteroatoms. The monoisotopic (exact) mass is 324 g/mol. The first-order valence-corrected chi connectivity index (χ1v) is 11.3. The van der Waals surface area contributed by atoms with E-state index < -0.39 is 0 Å². The van der Waals surface area contributed by atoms with E-state index in [0.717, 1.165) is 5.92 Å². The molecule has 0 aliphatic rings. The van der Waals surface area contributed by atoms with Crippen molar-refractivity contribution in [2.75, 3.05) is 0 Å². The van der Waals surface area contributed by atoms with Gasteiger partial charge in [0.05, 0.1) is 0 Å². The van der Waals surface area contributed by atoms with Crippen molar-refractivity contribution >= 4 is 0 Å². The molecule has 23 heavy (non-hydrogen) atoms. The molecule has 0 aliphatic carbocycles. The summed E-state index contributed by atoms with van der Waals surface area (Å²) in [4.78, 5) is 0. The van der Waals surface area contributed by atoms with Crippen LogP contribution in [0.5, 0.6) is 0 Å². The molecular weight excluding hydrogens is 276 g/mol. The van der Waals surface area contributed by atoms with E-state index in [1.54, 1.807) is 0 Å². The van der Waals surface area contributed by atoms with E-state index in [2.05, 4.69) is 20.8 Å². The molecule has 0 aromatic carbocycles. The maximum atomic E-state index is 2.35. The molecule has 0 aromatic heterocycles. The Labute approximate surface area is 149 Å². The van der Waals surface area contributed by atoms with Gasteiger partial charge in [-0.25, -0.2) is 0 Å². The minimum absolute atomic E-state index is 1.00. The Morgan fingerprint density at radius 2 is 0.696 bits per heavy atom. The van der Waals surface area contributed by atoms with E-state index in [9.17, 15) is 0 Å². The van der Waals surface area contributed by atoms with Crippen molar-refractivity contribution in [2.45, 2.75) is 143 Å². The lowest BCUT2D eigenvalue weighted by Gasteiger charge is -2.11. The number of rotatable bonds is 19. The summed E-state index contributed by atoms with van der Waals surface area (Å²) < 4.78 is 0. The summed E-state index contributed by atoms with van der Waals surface area (Å²) in [5.41, 5.74) is 0. The molecule has 140 valence electrons. The molecular formula is C23H48.